The van der Waals surface area contributed by atoms with Crippen molar-refractivity contribution in [2.45, 2.75) is 76.9 Å². The third-order valence-corrected chi connectivity index (χ3v) is 4.56. The lowest BCUT2D eigenvalue weighted by Crippen LogP contribution is -2.46. The first kappa shape index (κ1) is 18.3. The van der Waals surface area contributed by atoms with Crippen LogP contribution in [0.2, 0.25) is 0 Å². The summed E-state index contributed by atoms with van der Waals surface area (Å²) >= 11 is 0. The summed E-state index contributed by atoms with van der Waals surface area (Å²) in [5.74, 6) is 0.566. The van der Waals surface area contributed by atoms with Gasteiger partial charge in [-0.1, -0.05) is 0 Å². The van der Waals surface area contributed by atoms with Gasteiger partial charge in [-0.05, 0) is 66.0 Å². The molecule has 1 aliphatic carbocycles. The first-order valence-corrected chi connectivity index (χ1v) is 8.49. The molecule has 2 fully saturated rings. The van der Waals surface area contributed by atoms with Gasteiger partial charge in [0.25, 0.3) is 5.91 Å². The van der Waals surface area contributed by atoms with E-state index in [1.165, 1.54) is 18.5 Å². The number of carbonyl (C=O) groups is 1. The van der Waals surface area contributed by atoms with Gasteiger partial charge in [-0.2, -0.15) is 5.10 Å². The van der Waals surface area contributed by atoms with E-state index in [4.69, 9.17) is 0 Å². The molecule has 1 saturated carbocycles. The highest BCUT2D eigenvalue weighted by molar-refractivity contribution is 5.92. The zero-order chi connectivity index (χ0) is 15.9. The summed E-state index contributed by atoms with van der Waals surface area (Å²) in [6.07, 6.45) is 4.41. The third-order valence-electron chi connectivity index (χ3n) is 4.56. The quantitative estimate of drug-likeness (QED) is 0.889. The molecule has 2 N–H and O–H groups in total. The van der Waals surface area contributed by atoms with Crippen molar-refractivity contribution in [2.24, 2.45) is 0 Å². The highest BCUT2D eigenvalue weighted by Gasteiger charge is 2.33. The molecule has 3 rings (SSSR count). The molecule has 0 spiro atoms. The monoisotopic (exact) mass is 340 g/mol. The number of nitrogens with zero attached hydrogens (tertiary/aromatic N) is 2. The number of hydrogen-bond acceptors (Lipinski definition) is 3. The van der Waals surface area contributed by atoms with Crippen LogP contribution in [0, 0.1) is 0 Å². The van der Waals surface area contributed by atoms with Crippen molar-refractivity contribution in [1.82, 2.24) is 20.4 Å². The summed E-state index contributed by atoms with van der Waals surface area (Å²) in [7, 11) is 0. The maximum absolute atomic E-state index is 12.5. The minimum atomic E-state index is -0.0836. The van der Waals surface area contributed by atoms with Crippen LogP contribution in [0.25, 0.3) is 0 Å². The molecule has 2 atom stereocenters. The second-order valence-electron chi connectivity index (χ2n) is 7.86. The van der Waals surface area contributed by atoms with Crippen LogP contribution >= 0.6 is 12.4 Å². The maximum atomic E-state index is 12.5. The van der Waals surface area contributed by atoms with Gasteiger partial charge in [0.05, 0.1) is 5.54 Å². The Balaban J connectivity index is 0.00000192. The van der Waals surface area contributed by atoms with Gasteiger partial charge < -0.3 is 10.6 Å². The molecule has 1 amide bonds. The Morgan fingerprint density at radius 1 is 1.35 bits per heavy atom. The van der Waals surface area contributed by atoms with Crippen molar-refractivity contribution in [3.05, 3.63) is 17.5 Å². The largest absolute Gasteiger partial charge is 0.348 e. The van der Waals surface area contributed by atoms with E-state index in [1.807, 2.05) is 10.7 Å². The van der Waals surface area contributed by atoms with Crippen molar-refractivity contribution < 1.29 is 4.79 Å². The van der Waals surface area contributed by atoms with Gasteiger partial charge in [-0.3, -0.25) is 9.48 Å². The average molecular weight is 341 g/mol. The molecule has 0 aromatic carbocycles. The fourth-order valence-corrected chi connectivity index (χ4v) is 3.24. The van der Waals surface area contributed by atoms with Crippen LogP contribution in [0.1, 0.15) is 75.5 Å². The van der Waals surface area contributed by atoms with Crippen molar-refractivity contribution in [1.29, 1.82) is 0 Å². The lowest BCUT2D eigenvalue weighted by molar-refractivity contribution is 0.0919. The first-order valence-electron chi connectivity index (χ1n) is 8.49. The Morgan fingerprint density at radius 3 is 2.61 bits per heavy atom. The summed E-state index contributed by atoms with van der Waals surface area (Å²) in [5, 5.41) is 11.2. The predicted octanol–water partition coefficient (Wildman–Crippen LogP) is 2.81. The van der Waals surface area contributed by atoms with Crippen molar-refractivity contribution in [3.8, 4) is 0 Å². The summed E-state index contributed by atoms with van der Waals surface area (Å²) in [6.45, 7) is 9.56. The van der Waals surface area contributed by atoms with Crippen molar-refractivity contribution in [3.63, 3.8) is 0 Å². The Morgan fingerprint density at radius 2 is 2.04 bits per heavy atom. The topological polar surface area (TPSA) is 59.0 Å². The zero-order valence-electron chi connectivity index (χ0n) is 14.6. The minimum absolute atomic E-state index is 0. The summed E-state index contributed by atoms with van der Waals surface area (Å²) in [4.78, 5) is 12.5. The van der Waals surface area contributed by atoms with Crippen molar-refractivity contribution >= 4 is 18.3 Å². The normalized spacial score (nSPS) is 24.9. The number of hydrogen-bond donors (Lipinski definition) is 2. The molecular weight excluding hydrogens is 312 g/mol. The van der Waals surface area contributed by atoms with Crippen LogP contribution in [0.5, 0.6) is 0 Å². The van der Waals surface area contributed by atoms with E-state index in [2.05, 4.69) is 43.4 Å². The van der Waals surface area contributed by atoms with E-state index in [0.717, 1.165) is 19.4 Å². The summed E-state index contributed by atoms with van der Waals surface area (Å²) < 4.78 is 2.05. The van der Waals surface area contributed by atoms with E-state index in [0.29, 0.717) is 17.7 Å². The van der Waals surface area contributed by atoms with Crippen LogP contribution in [0.3, 0.4) is 0 Å². The Bertz CT molecular complexity index is 559. The number of aromatic nitrogens is 2. The van der Waals surface area contributed by atoms with Gasteiger partial charge in [0, 0.05) is 23.7 Å². The predicted molar refractivity (Wildman–Crippen MR) is 94.4 cm³/mol. The zero-order valence-corrected chi connectivity index (χ0v) is 15.4. The lowest BCUT2D eigenvalue weighted by atomic mass is 10.0. The number of nitrogens with one attached hydrogen (secondary N) is 2. The smallest absolute Gasteiger partial charge is 0.272 e. The SMILES string of the molecule is CC1CC(NC(=O)c2cc(C3CC3)n(C(C)(C)C)n2)CCN1.Cl. The van der Waals surface area contributed by atoms with Crippen LogP contribution < -0.4 is 10.6 Å². The molecule has 1 saturated heterocycles. The van der Waals surface area contributed by atoms with Gasteiger partial charge in [-0.25, -0.2) is 0 Å². The van der Waals surface area contributed by atoms with E-state index in [9.17, 15) is 4.79 Å². The van der Waals surface area contributed by atoms with E-state index in [1.54, 1.807) is 0 Å². The first-order chi connectivity index (χ1) is 10.3. The van der Waals surface area contributed by atoms with Crippen molar-refractivity contribution in [2.75, 3.05) is 6.54 Å². The third kappa shape index (κ3) is 4.27. The van der Waals surface area contributed by atoms with Crippen LogP contribution in [-0.4, -0.2) is 34.3 Å². The number of amides is 1. The van der Waals surface area contributed by atoms with E-state index >= 15 is 0 Å². The molecule has 2 unspecified atom stereocenters. The second-order valence-corrected chi connectivity index (χ2v) is 7.86. The Kier molecular flexibility index (Phi) is 5.41. The molecule has 130 valence electrons. The standard InChI is InChI=1S/C17H28N4O.ClH/c1-11-9-13(7-8-18-11)19-16(22)14-10-15(12-5-6-12)21(20-14)17(2,3)4;/h10-13,18H,5-9H2,1-4H3,(H,19,22);1H. The molecule has 6 heteroatoms. The van der Waals surface area contributed by atoms with Gasteiger partial charge in [0.15, 0.2) is 0 Å². The molecule has 2 heterocycles. The molecule has 0 radical (unpaired) electrons. The van der Waals surface area contributed by atoms with Gasteiger partial charge in [0.2, 0.25) is 0 Å². The molecule has 1 aromatic rings. The number of rotatable bonds is 3. The number of halogens is 1. The fourth-order valence-electron chi connectivity index (χ4n) is 3.24. The van der Waals surface area contributed by atoms with Gasteiger partial charge in [-0.15, -0.1) is 12.4 Å². The fraction of sp³-hybridized carbons (Fsp3) is 0.765. The molecule has 1 aromatic heterocycles. The molecule has 1 aliphatic heterocycles. The van der Waals surface area contributed by atoms with Crippen LogP contribution in [-0.2, 0) is 5.54 Å². The Hall–Kier alpha value is -1.07. The highest BCUT2D eigenvalue weighted by atomic mass is 35.5. The number of piperidine rings is 1. The molecule has 5 nitrogen and oxygen atoms in total. The lowest BCUT2D eigenvalue weighted by Gasteiger charge is -2.28. The summed E-state index contributed by atoms with van der Waals surface area (Å²) in [5.41, 5.74) is 1.71. The molecule has 2 aliphatic rings. The maximum Gasteiger partial charge on any atom is 0.272 e. The average Bonchev–Trinajstić information content (AvgIpc) is 3.15. The summed E-state index contributed by atoms with van der Waals surface area (Å²) in [6, 6.07) is 2.73. The van der Waals surface area contributed by atoms with Gasteiger partial charge >= 0.3 is 0 Å². The Labute approximate surface area is 145 Å². The van der Waals surface area contributed by atoms with Gasteiger partial charge in [0.1, 0.15) is 5.69 Å². The number of carbonyl (C=O) groups excluding carboxylic acids is 1. The minimum Gasteiger partial charge on any atom is -0.348 e. The highest BCUT2D eigenvalue weighted by Crippen LogP contribution is 2.41. The van der Waals surface area contributed by atoms with Crippen LogP contribution in [0.4, 0.5) is 0 Å². The van der Waals surface area contributed by atoms with E-state index < -0.39 is 0 Å². The molecule has 23 heavy (non-hydrogen) atoms. The molecule has 0 bridgehead atoms. The van der Waals surface area contributed by atoms with E-state index in [-0.39, 0.29) is 29.9 Å². The van der Waals surface area contributed by atoms with Crippen LogP contribution in [0.15, 0.2) is 6.07 Å². The molecular formula is C17H29ClN4O. The second kappa shape index (κ2) is 6.81.